The molecule has 0 unspecified atom stereocenters. The monoisotopic (exact) mass is 744 g/mol. The summed E-state index contributed by atoms with van der Waals surface area (Å²) in [5.74, 6) is 0. The Bertz CT molecular complexity index is 4000. The first kappa shape index (κ1) is 25.6. The van der Waals surface area contributed by atoms with E-state index in [2.05, 4.69) is 54.6 Å². The normalized spacial score (nSPS) is 13.8. The van der Waals surface area contributed by atoms with Crippen molar-refractivity contribution in [2.24, 2.45) is 0 Å². The topological polar surface area (TPSA) is 13.1 Å². The molecule has 0 amide bonds. The molecule has 0 N–H and O–H groups in total. The van der Waals surface area contributed by atoms with E-state index in [-0.39, 0.29) is 52.1 Å². The third kappa shape index (κ3) is 5.25. The molecule has 1 aromatic heterocycles. The summed E-state index contributed by atoms with van der Waals surface area (Å²) in [5.41, 5.74) is 7.36. The van der Waals surface area contributed by atoms with Gasteiger partial charge in [-0.2, -0.15) is 0 Å². The number of rotatable bonds is 5. The van der Waals surface area contributed by atoms with Crippen LogP contribution in [-0.2, 0) is 6.42 Å². The SMILES string of the molecule is [2H]c1c([2H])c([2H])c2c(-c3cc(-c4cccc5oc6ccc(-c7ccc8ccccc8c7)cc6c45)cc4ccccc34)c3c([2H])c([2H])c([2H])c([2H])c3c(Cc3ccc4ccccc4c3)c2c1[2H]. The van der Waals surface area contributed by atoms with Crippen LogP contribution in [0.5, 0.6) is 0 Å². The number of benzene rings is 11. The van der Waals surface area contributed by atoms with E-state index in [4.69, 9.17) is 9.90 Å². The molecule has 12 aromatic rings. The summed E-state index contributed by atoms with van der Waals surface area (Å²) >= 11 is 0. The van der Waals surface area contributed by atoms with Gasteiger partial charge in [-0.05, 0) is 141 Å². The standard InChI is InChI=1S/C57H36O/c1-3-14-39-30-36(24-25-37(39)12-1)31-51-47-18-7-9-20-49(47)56(50-21-10-8-19-48(50)51)52-35-44(33-43-16-5-6-17-45(43)52)46-22-11-23-55-57(46)53-34-42(28-29-54(53)58-55)41-27-26-38-13-2-4-15-40(38)32-41/h1-30,32-35H,31H2/i7D,8D,9D,10D,18D,19D,20D,21D. The van der Waals surface area contributed by atoms with Gasteiger partial charge in [-0.3, -0.25) is 0 Å². The molecule has 0 saturated heterocycles. The Kier molecular flexibility index (Phi) is 5.77. The van der Waals surface area contributed by atoms with Crippen molar-refractivity contribution in [3.63, 3.8) is 0 Å². The van der Waals surface area contributed by atoms with Crippen LogP contribution >= 0.6 is 0 Å². The Hall–Kier alpha value is -7.48. The molecular weight excluding hydrogens is 701 g/mol. The zero-order valence-corrected chi connectivity index (χ0v) is 31.1. The molecule has 0 aliphatic rings. The van der Waals surface area contributed by atoms with Gasteiger partial charge >= 0.3 is 0 Å². The van der Waals surface area contributed by atoms with E-state index in [0.29, 0.717) is 22.3 Å². The highest BCUT2D eigenvalue weighted by Crippen LogP contribution is 2.46. The molecule has 11 aromatic carbocycles. The molecule has 0 bridgehead atoms. The molecule has 0 aliphatic heterocycles. The number of hydrogen-bond acceptors (Lipinski definition) is 1. The van der Waals surface area contributed by atoms with Crippen LogP contribution in [0.2, 0.25) is 0 Å². The molecule has 0 radical (unpaired) electrons. The van der Waals surface area contributed by atoms with Crippen LogP contribution in [0.3, 0.4) is 0 Å². The highest BCUT2D eigenvalue weighted by atomic mass is 16.3. The fourth-order valence-corrected chi connectivity index (χ4v) is 8.99. The predicted octanol–water partition coefficient (Wildman–Crippen LogP) is 15.9. The first-order valence-electron chi connectivity index (χ1n) is 23.5. The molecule has 0 fully saturated rings. The Morgan fingerprint density at radius 3 is 1.74 bits per heavy atom. The minimum absolute atomic E-state index is 0.153. The van der Waals surface area contributed by atoms with E-state index >= 15 is 0 Å². The van der Waals surface area contributed by atoms with Crippen molar-refractivity contribution in [2.75, 3.05) is 0 Å². The van der Waals surface area contributed by atoms with Crippen molar-refractivity contribution >= 4 is 75.8 Å². The fraction of sp³-hybridized carbons (Fsp3) is 0.0175. The highest BCUT2D eigenvalue weighted by Gasteiger charge is 2.20. The maximum atomic E-state index is 9.64. The quantitative estimate of drug-likeness (QED) is 0.160. The highest BCUT2D eigenvalue weighted by molar-refractivity contribution is 6.20. The molecule has 58 heavy (non-hydrogen) atoms. The van der Waals surface area contributed by atoms with Crippen LogP contribution in [0.4, 0.5) is 0 Å². The molecule has 0 spiro atoms. The lowest BCUT2D eigenvalue weighted by molar-refractivity contribution is 0.669. The Morgan fingerprint density at radius 1 is 0.379 bits per heavy atom. The summed E-state index contributed by atoms with van der Waals surface area (Å²) in [6.07, 6.45) is 0.153. The molecule has 0 atom stereocenters. The largest absolute Gasteiger partial charge is 0.456 e. The van der Waals surface area contributed by atoms with Crippen LogP contribution in [-0.4, -0.2) is 0 Å². The van der Waals surface area contributed by atoms with Crippen LogP contribution in [0.1, 0.15) is 22.1 Å². The summed E-state index contributed by atoms with van der Waals surface area (Å²) in [4.78, 5) is 0. The summed E-state index contributed by atoms with van der Waals surface area (Å²) in [5, 5.41) is 8.60. The van der Waals surface area contributed by atoms with E-state index in [0.717, 1.165) is 76.5 Å². The van der Waals surface area contributed by atoms with Crippen molar-refractivity contribution in [3.05, 3.63) is 217 Å². The Balaban J connectivity index is 1.18. The van der Waals surface area contributed by atoms with Gasteiger partial charge in [-0.1, -0.05) is 170 Å². The van der Waals surface area contributed by atoms with Gasteiger partial charge < -0.3 is 4.42 Å². The molecule has 1 nitrogen and oxygen atoms in total. The van der Waals surface area contributed by atoms with Gasteiger partial charge in [-0.25, -0.2) is 0 Å². The van der Waals surface area contributed by atoms with Gasteiger partial charge in [0.2, 0.25) is 0 Å². The van der Waals surface area contributed by atoms with Crippen molar-refractivity contribution in [3.8, 4) is 33.4 Å². The summed E-state index contributed by atoms with van der Waals surface area (Å²) in [6.45, 7) is 0. The second-order valence-electron chi connectivity index (χ2n) is 15.0. The molecule has 0 saturated carbocycles. The van der Waals surface area contributed by atoms with Crippen LogP contribution < -0.4 is 0 Å². The van der Waals surface area contributed by atoms with Crippen LogP contribution in [0, 0.1) is 0 Å². The van der Waals surface area contributed by atoms with E-state index in [9.17, 15) is 5.48 Å². The van der Waals surface area contributed by atoms with Gasteiger partial charge in [0, 0.05) is 10.8 Å². The summed E-state index contributed by atoms with van der Waals surface area (Å²) < 4.78 is 80.9. The third-order valence-corrected chi connectivity index (χ3v) is 11.7. The maximum absolute atomic E-state index is 9.64. The Morgan fingerprint density at radius 2 is 0.983 bits per heavy atom. The second-order valence-corrected chi connectivity index (χ2v) is 15.0. The lowest BCUT2D eigenvalue weighted by Gasteiger charge is -2.20. The third-order valence-electron chi connectivity index (χ3n) is 11.7. The Labute approximate surface area is 347 Å². The lowest BCUT2D eigenvalue weighted by Crippen LogP contribution is -1.96. The maximum Gasteiger partial charge on any atom is 0.136 e. The van der Waals surface area contributed by atoms with E-state index < -0.39 is 24.2 Å². The van der Waals surface area contributed by atoms with Gasteiger partial charge in [0.1, 0.15) is 11.2 Å². The number of furan rings is 1. The minimum atomic E-state index is -0.428. The van der Waals surface area contributed by atoms with Gasteiger partial charge in [0.15, 0.2) is 0 Å². The fourth-order valence-electron chi connectivity index (χ4n) is 8.99. The molecule has 12 rings (SSSR count). The summed E-state index contributed by atoms with van der Waals surface area (Å²) in [7, 11) is 0. The minimum Gasteiger partial charge on any atom is -0.456 e. The molecule has 1 heteroatoms. The van der Waals surface area contributed by atoms with Crippen molar-refractivity contribution in [1.82, 2.24) is 0 Å². The average Bonchev–Trinajstić information content (AvgIpc) is 3.73. The van der Waals surface area contributed by atoms with Gasteiger partial charge in [0.25, 0.3) is 0 Å². The first-order valence-corrected chi connectivity index (χ1v) is 19.5. The molecule has 270 valence electrons. The van der Waals surface area contributed by atoms with E-state index in [1.165, 1.54) is 0 Å². The average molecular weight is 745 g/mol. The molecule has 1 heterocycles. The number of hydrogen-bond donors (Lipinski definition) is 0. The number of fused-ring (bicyclic) bond motifs is 8. The van der Waals surface area contributed by atoms with Crippen molar-refractivity contribution in [2.45, 2.75) is 6.42 Å². The lowest BCUT2D eigenvalue weighted by atomic mass is 9.83. The zero-order valence-electron chi connectivity index (χ0n) is 39.1. The van der Waals surface area contributed by atoms with E-state index in [1.807, 2.05) is 103 Å². The smallest absolute Gasteiger partial charge is 0.136 e. The molecular formula is C57H36O. The summed E-state index contributed by atoms with van der Waals surface area (Å²) in [6, 6.07) is 50.0. The van der Waals surface area contributed by atoms with Crippen molar-refractivity contribution < 1.29 is 15.4 Å². The second kappa shape index (κ2) is 13.0. The zero-order chi connectivity index (χ0) is 45.1. The van der Waals surface area contributed by atoms with E-state index in [1.54, 1.807) is 0 Å². The van der Waals surface area contributed by atoms with Crippen LogP contribution in [0.15, 0.2) is 210 Å². The van der Waals surface area contributed by atoms with Gasteiger partial charge in [-0.15, -0.1) is 0 Å². The van der Waals surface area contributed by atoms with Crippen molar-refractivity contribution in [1.29, 1.82) is 0 Å². The first-order chi connectivity index (χ1) is 32.0. The predicted molar refractivity (Wildman–Crippen MR) is 247 cm³/mol. The van der Waals surface area contributed by atoms with Gasteiger partial charge in [0.05, 0.1) is 11.0 Å². The molecule has 0 aliphatic carbocycles. The van der Waals surface area contributed by atoms with Crippen LogP contribution in [0.25, 0.3) is 109 Å².